The molecule has 6 nitrogen and oxygen atoms in total. The summed E-state index contributed by atoms with van der Waals surface area (Å²) in [4.78, 5) is 16.2. The molecule has 1 amide bonds. The Morgan fingerprint density at radius 1 is 1.25 bits per heavy atom. The number of anilines is 1. The Hall–Kier alpha value is -2.73. The predicted molar refractivity (Wildman–Crippen MR) is 122 cm³/mol. The van der Waals surface area contributed by atoms with Crippen molar-refractivity contribution in [2.75, 3.05) is 25.5 Å². The van der Waals surface area contributed by atoms with Crippen molar-refractivity contribution in [3.63, 3.8) is 0 Å². The van der Waals surface area contributed by atoms with Crippen LogP contribution < -0.4 is 20.7 Å². The van der Waals surface area contributed by atoms with Crippen LogP contribution in [0.15, 0.2) is 53.5 Å². The first-order chi connectivity index (χ1) is 13.2. The molecule has 0 bridgehead atoms. The average molecular weight is 490 g/mol. The maximum Gasteiger partial charge on any atom is 0.243 e. The number of rotatable bonds is 5. The number of hydrogen-bond acceptors (Lipinski definition) is 3. The van der Waals surface area contributed by atoms with Gasteiger partial charge in [0.05, 0.1) is 13.1 Å². The fourth-order valence-electron chi connectivity index (χ4n) is 2.85. The van der Waals surface area contributed by atoms with Gasteiger partial charge < -0.3 is 20.7 Å². The van der Waals surface area contributed by atoms with Gasteiger partial charge in [-0.15, -0.1) is 30.4 Å². The van der Waals surface area contributed by atoms with Crippen LogP contribution in [-0.4, -0.2) is 38.1 Å². The van der Waals surface area contributed by atoms with E-state index in [0.717, 1.165) is 17.7 Å². The van der Waals surface area contributed by atoms with E-state index in [0.29, 0.717) is 18.2 Å². The molecular weight excluding hydrogens is 467 g/mol. The number of carbonyl (C=O) groups is 1. The van der Waals surface area contributed by atoms with Gasteiger partial charge >= 0.3 is 0 Å². The van der Waals surface area contributed by atoms with E-state index in [1.54, 1.807) is 25.2 Å². The molecule has 3 rings (SSSR count). The highest BCUT2D eigenvalue weighted by atomic mass is 127. The first-order valence-corrected chi connectivity index (χ1v) is 8.73. The summed E-state index contributed by atoms with van der Waals surface area (Å²) >= 11 is 0. The number of fused-ring (bicyclic) bond motifs is 1. The first-order valence-electron chi connectivity index (χ1n) is 8.73. The Morgan fingerprint density at radius 3 is 2.82 bits per heavy atom. The predicted octanol–water partition coefficient (Wildman–Crippen LogP) is 2.39. The second-order valence-electron chi connectivity index (χ2n) is 6.13. The maximum atomic E-state index is 12.1. The molecule has 1 heterocycles. The number of halogens is 1. The summed E-state index contributed by atoms with van der Waals surface area (Å²) in [6.45, 7) is 0.686. The van der Waals surface area contributed by atoms with Gasteiger partial charge in [-0.2, -0.15) is 0 Å². The van der Waals surface area contributed by atoms with Crippen LogP contribution in [0.5, 0.6) is 5.75 Å². The fraction of sp³-hybridized carbons (Fsp3) is 0.238. The molecule has 0 saturated heterocycles. The highest BCUT2D eigenvalue weighted by Crippen LogP contribution is 2.27. The van der Waals surface area contributed by atoms with Crippen LogP contribution in [-0.2, 0) is 11.2 Å². The molecule has 0 radical (unpaired) electrons. The van der Waals surface area contributed by atoms with Crippen molar-refractivity contribution in [3.05, 3.63) is 59.7 Å². The van der Waals surface area contributed by atoms with E-state index in [9.17, 15) is 4.79 Å². The van der Waals surface area contributed by atoms with E-state index in [1.165, 1.54) is 5.56 Å². The quantitative estimate of drug-likeness (QED) is 0.261. The van der Waals surface area contributed by atoms with Crippen LogP contribution in [0.4, 0.5) is 5.69 Å². The van der Waals surface area contributed by atoms with Crippen LogP contribution in [0.3, 0.4) is 0 Å². The molecule has 0 aliphatic carbocycles. The van der Waals surface area contributed by atoms with Gasteiger partial charge in [0.2, 0.25) is 5.91 Å². The van der Waals surface area contributed by atoms with Gasteiger partial charge in [-0.25, -0.2) is 0 Å². The lowest BCUT2D eigenvalue weighted by Gasteiger charge is -2.15. The molecule has 0 saturated carbocycles. The van der Waals surface area contributed by atoms with Crippen LogP contribution in [0, 0.1) is 12.3 Å². The van der Waals surface area contributed by atoms with Gasteiger partial charge in [0.25, 0.3) is 0 Å². The molecule has 0 fully saturated rings. The van der Waals surface area contributed by atoms with Crippen LogP contribution in [0.25, 0.3) is 0 Å². The van der Waals surface area contributed by atoms with E-state index in [1.807, 2.05) is 24.3 Å². The number of ether oxygens (including phenoxy) is 1. The number of terminal acetylenes is 1. The number of nitrogens with one attached hydrogen (secondary N) is 3. The number of hydrogen-bond donors (Lipinski definition) is 3. The fourth-order valence-corrected chi connectivity index (χ4v) is 2.85. The van der Waals surface area contributed by atoms with Gasteiger partial charge in [0.1, 0.15) is 11.9 Å². The Kier molecular flexibility index (Phi) is 8.14. The van der Waals surface area contributed by atoms with Gasteiger partial charge in [-0.3, -0.25) is 9.79 Å². The number of benzene rings is 2. The molecule has 28 heavy (non-hydrogen) atoms. The van der Waals surface area contributed by atoms with Crippen molar-refractivity contribution in [1.29, 1.82) is 0 Å². The van der Waals surface area contributed by atoms with Crippen molar-refractivity contribution in [3.8, 4) is 18.1 Å². The lowest BCUT2D eigenvalue weighted by Crippen LogP contribution is -2.44. The van der Waals surface area contributed by atoms with Crippen LogP contribution in [0.1, 0.15) is 11.1 Å². The molecule has 2 aromatic carbocycles. The Morgan fingerprint density at radius 2 is 2.07 bits per heavy atom. The van der Waals surface area contributed by atoms with Crippen molar-refractivity contribution in [2.24, 2.45) is 4.99 Å². The zero-order chi connectivity index (χ0) is 19.1. The summed E-state index contributed by atoms with van der Waals surface area (Å²) in [5.74, 6) is 3.83. The van der Waals surface area contributed by atoms with E-state index in [4.69, 9.17) is 11.2 Å². The minimum Gasteiger partial charge on any atom is -0.488 e. The van der Waals surface area contributed by atoms with Crippen molar-refractivity contribution in [2.45, 2.75) is 12.5 Å². The van der Waals surface area contributed by atoms with Crippen molar-refractivity contribution < 1.29 is 9.53 Å². The smallest absolute Gasteiger partial charge is 0.243 e. The van der Waals surface area contributed by atoms with E-state index in [-0.39, 0.29) is 42.5 Å². The number of guanidine groups is 1. The standard InChI is InChI=1S/C21H22N4O2.HI/c1-3-15-7-6-9-17(11-15)25-20(26)14-24-21(22-2)23-13-18-12-16-8-4-5-10-19(16)27-18;/h1,4-11,18H,12-14H2,2H3,(H,25,26)(H2,22,23,24);1H. The molecule has 146 valence electrons. The average Bonchev–Trinajstić information content (AvgIpc) is 3.11. The summed E-state index contributed by atoms with van der Waals surface area (Å²) in [5.41, 5.74) is 2.59. The Bertz CT molecular complexity index is 867. The molecule has 1 atom stereocenters. The highest BCUT2D eigenvalue weighted by molar-refractivity contribution is 14.0. The van der Waals surface area contributed by atoms with E-state index >= 15 is 0 Å². The van der Waals surface area contributed by atoms with Crippen LogP contribution in [0.2, 0.25) is 0 Å². The Labute approximate surface area is 182 Å². The second kappa shape index (κ2) is 10.6. The summed E-state index contributed by atoms with van der Waals surface area (Å²) in [6, 6.07) is 15.2. The lowest BCUT2D eigenvalue weighted by molar-refractivity contribution is -0.115. The van der Waals surface area contributed by atoms with Gasteiger partial charge in [-0.1, -0.05) is 30.2 Å². The second-order valence-corrected chi connectivity index (χ2v) is 6.13. The molecule has 0 aromatic heterocycles. The lowest BCUT2D eigenvalue weighted by atomic mass is 10.1. The number of para-hydroxylation sites is 1. The molecule has 1 unspecified atom stereocenters. The van der Waals surface area contributed by atoms with E-state index < -0.39 is 0 Å². The minimum atomic E-state index is -0.184. The summed E-state index contributed by atoms with van der Waals surface area (Å²) in [5, 5.41) is 8.99. The summed E-state index contributed by atoms with van der Waals surface area (Å²) < 4.78 is 5.89. The molecule has 1 aliphatic rings. The molecule has 7 heteroatoms. The zero-order valence-electron chi connectivity index (χ0n) is 15.6. The third kappa shape index (κ3) is 5.89. The molecular formula is C21H23IN4O2. The summed E-state index contributed by atoms with van der Waals surface area (Å²) in [7, 11) is 1.66. The number of carbonyl (C=O) groups excluding carboxylic acids is 1. The molecule has 2 aromatic rings. The third-order valence-electron chi connectivity index (χ3n) is 4.16. The minimum absolute atomic E-state index is 0. The first kappa shape index (κ1) is 21.6. The SMILES string of the molecule is C#Cc1cccc(NC(=O)CNC(=NC)NCC2Cc3ccccc3O2)c1.I. The monoisotopic (exact) mass is 490 g/mol. The highest BCUT2D eigenvalue weighted by Gasteiger charge is 2.22. The number of nitrogens with zero attached hydrogens (tertiary/aromatic N) is 1. The topological polar surface area (TPSA) is 74.8 Å². The van der Waals surface area contributed by atoms with Crippen LogP contribution >= 0.6 is 24.0 Å². The van der Waals surface area contributed by atoms with Gasteiger partial charge in [0, 0.05) is 24.7 Å². The molecule has 1 aliphatic heterocycles. The summed E-state index contributed by atoms with van der Waals surface area (Å²) in [6.07, 6.45) is 6.27. The van der Waals surface area contributed by atoms with Crippen molar-refractivity contribution >= 4 is 41.5 Å². The maximum absolute atomic E-state index is 12.1. The molecule has 0 spiro atoms. The molecule has 3 N–H and O–H groups in total. The normalized spacial score (nSPS) is 14.7. The number of amides is 1. The van der Waals surface area contributed by atoms with Gasteiger partial charge in [-0.05, 0) is 29.8 Å². The zero-order valence-corrected chi connectivity index (χ0v) is 17.9. The third-order valence-corrected chi connectivity index (χ3v) is 4.16. The van der Waals surface area contributed by atoms with Crippen molar-refractivity contribution in [1.82, 2.24) is 10.6 Å². The Balaban J connectivity index is 0.00000280. The largest absolute Gasteiger partial charge is 0.488 e. The number of aliphatic imine (C=N–C) groups is 1. The van der Waals surface area contributed by atoms with Gasteiger partial charge in [0.15, 0.2) is 5.96 Å². The van der Waals surface area contributed by atoms with E-state index in [2.05, 4.69) is 32.9 Å².